The number of hydrogen-bond acceptors (Lipinski definition) is 20. The van der Waals surface area contributed by atoms with Gasteiger partial charge in [0.1, 0.15) is 29.9 Å². The molecule has 2 bridgehead atoms. The molecule has 402 valence electrons. The lowest BCUT2D eigenvalue weighted by atomic mass is 9.91. The molecule has 5 N–H and O–H groups in total. The molecule has 11 rings (SSSR count). The molecule has 3 saturated heterocycles. The Labute approximate surface area is 454 Å². The van der Waals surface area contributed by atoms with Crippen LogP contribution in [-0.2, 0) is 9.59 Å². The largest absolute Gasteiger partial charge is 0.507 e. The number of nitrogens with zero attached hydrogens (tertiary/aromatic N) is 11. The fourth-order valence-corrected chi connectivity index (χ4v) is 11.6. The number of aromatic nitrogens is 8. The minimum atomic E-state index is -0.886. The minimum Gasteiger partial charge on any atom is -0.507 e. The fourth-order valence-electron chi connectivity index (χ4n) is 10.8. The quantitative estimate of drug-likeness (QED) is 0.0775. The smallest absolute Gasteiger partial charge is 0.255 e. The Morgan fingerprint density at radius 2 is 1.67 bits per heavy atom. The SMILES string of the molecule is Cc1ncsc1-c1ccc([C@H](C)NC(=O)[C@@H]2C[C@@H](O)CN2C(=O)[C@@H](c2cc(OCC#Cc3ncc(O[C@H]4C[C@H](Oc5cc(N6C7CCC6CN(c6cc(-c8ccccc8O)nnc6N)C7)ccn5)C4)cn3)no2)C(C)C)cn1. The molecular formula is C56H59N13O8S. The Bertz CT molecular complexity index is 3330. The van der Waals surface area contributed by atoms with E-state index in [1.807, 2.05) is 70.2 Å². The number of aromatic hydroxyl groups is 1. The summed E-state index contributed by atoms with van der Waals surface area (Å²) in [6.07, 6.45) is 9.24. The van der Waals surface area contributed by atoms with E-state index in [9.17, 15) is 19.8 Å². The first-order valence-electron chi connectivity index (χ1n) is 26.1. The number of anilines is 3. The number of nitrogens with one attached hydrogen (secondary N) is 1. The number of para-hydroxylation sites is 1. The van der Waals surface area contributed by atoms with Gasteiger partial charge in [-0.05, 0) is 79.6 Å². The Morgan fingerprint density at radius 3 is 2.40 bits per heavy atom. The van der Waals surface area contributed by atoms with Gasteiger partial charge in [0.25, 0.3) is 5.88 Å². The van der Waals surface area contributed by atoms with Crippen LogP contribution in [0.4, 0.5) is 17.2 Å². The number of phenolic OH excluding ortho intramolecular Hbond substituents is 1. The van der Waals surface area contributed by atoms with Crippen LogP contribution in [-0.4, -0.2) is 130 Å². The number of amides is 2. The molecule has 4 fully saturated rings. The van der Waals surface area contributed by atoms with Gasteiger partial charge in [-0.2, -0.15) is 0 Å². The van der Waals surface area contributed by atoms with Gasteiger partial charge in [-0.1, -0.05) is 38.0 Å². The Hall–Kier alpha value is -8.42. The number of fused-ring (bicyclic) bond motifs is 2. The molecule has 3 aliphatic heterocycles. The first-order valence-corrected chi connectivity index (χ1v) is 27.0. The molecule has 1 aromatic carbocycles. The second kappa shape index (κ2) is 22.3. The third kappa shape index (κ3) is 11.1. The predicted octanol–water partition coefficient (Wildman–Crippen LogP) is 6.29. The number of carbonyl (C=O) groups excluding carboxylic acids is 2. The summed E-state index contributed by atoms with van der Waals surface area (Å²) in [5.74, 6) is 6.29. The summed E-state index contributed by atoms with van der Waals surface area (Å²) in [4.78, 5) is 57.2. The van der Waals surface area contributed by atoms with Crippen molar-refractivity contribution in [2.45, 2.75) is 108 Å². The summed E-state index contributed by atoms with van der Waals surface area (Å²) < 4.78 is 23.9. The molecule has 1 aliphatic carbocycles. The Balaban J connectivity index is 0.627. The third-order valence-corrected chi connectivity index (χ3v) is 15.8. The van der Waals surface area contributed by atoms with Gasteiger partial charge in [-0.25, -0.2) is 19.9 Å². The normalized spacial score (nSPS) is 21.3. The summed E-state index contributed by atoms with van der Waals surface area (Å²) in [5, 5.41) is 36.7. The van der Waals surface area contributed by atoms with Gasteiger partial charge >= 0.3 is 0 Å². The lowest BCUT2D eigenvalue weighted by molar-refractivity contribution is -0.141. The van der Waals surface area contributed by atoms with Crippen molar-refractivity contribution >= 4 is 40.3 Å². The van der Waals surface area contributed by atoms with E-state index in [0.717, 1.165) is 59.1 Å². The van der Waals surface area contributed by atoms with Crippen molar-refractivity contribution in [2.75, 3.05) is 41.8 Å². The van der Waals surface area contributed by atoms with E-state index in [4.69, 9.17) is 24.5 Å². The van der Waals surface area contributed by atoms with Crippen LogP contribution < -0.4 is 35.1 Å². The summed E-state index contributed by atoms with van der Waals surface area (Å²) in [6.45, 7) is 9.02. The number of thiazole rings is 1. The van der Waals surface area contributed by atoms with E-state index < -0.39 is 24.1 Å². The lowest BCUT2D eigenvalue weighted by Crippen LogP contribution is -2.54. The number of nitrogen functional groups attached to an aromatic ring is 1. The number of pyridine rings is 2. The number of rotatable bonds is 16. The average Bonchev–Trinajstić information content (AvgIpc) is 4.28. The van der Waals surface area contributed by atoms with E-state index in [2.05, 4.69) is 67.2 Å². The highest BCUT2D eigenvalue weighted by molar-refractivity contribution is 7.13. The van der Waals surface area contributed by atoms with Crippen LogP contribution in [0.1, 0.15) is 87.7 Å². The van der Waals surface area contributed by atoms with Crippen molar-refractivity contribution in [1.29, 1.82) is 0 Å². The van der Waals surface area contributed by atoms with Crippen LogP contribution in [0.2, 0.25) is 0 Å². The van der Waals surface area contributed by atoms with Crippen molar-refractivity contribution in [3.05, 3.63) is 114 Å². The number of aliphatic hydroxyl groups is 1. The van der Waals surface area contributed by atoms with Crippen LogP contribution >= 0.6 is 11.3 Å². The number of β-amino-alcohol motifs (C(OH)–C–C–N with tert-alkyl or cyclic N) is 1. The lowest BCUT2D eigenvalue weighted by Gasteiger charge is -2.43. The van der Waals surface area contributed by atoms with E-state index in [1.54, 1.807) is 48.5 Å². The molecule has 4 aliphatic rings. The maximum Gasteiger partial charge on any atom is 0.255 e. The molecule has 21 nitrogen and oxygen atoms in total. The number of piperazine rings is 1. The van der Waals surface area contributed by atoms with Crippen molar-refractivity contribution in [3.8, 4) is 56.9 Å². The molecule has 6 aromatic heterocycles. The maximum absolute atomic E-state index is 14.2. The second-order valence-corrected chi connectivity index (χ2v) is 21.4. The zero-order valence-corrected chi connectivity index (χ0v) is 44.3. The molecule has 2 amide bonds. The van der Waals surface area contributed by atoms with Crippen LogP contribution in [0.3, 0.4) is 0 Å². The number of aliphatic hydroxyl groups excluding tert-OH is 1. The number of aryl methyl sites for hydroxylation is 1. The molecule has 2 unspecified atom stereocenters. The highest BCUT2D eigenvalue weighted by atomic mass is 32.1. The minimum absolute atomic E-state index is 0.00388. The van der Waals surface area contributed by atoms with Crippen LogP contribution in [0, 0.1) is 24.7 Å². The third-order valence-electron chi connectivity index (χ3n) is 14.8. The number of carbonyl (C=O) groups is 2. The topological polar surface area (TPSA) is 266 Å². The van der Waals surface area contributed by atoms with Crippen LogP contribution in [0.15, 0.2) is 95.5 Å². The van der Waals surface area contributed by atoms with E-state index in [0.29, 0.717) is 41.5 Å². The standard InChI is InChI=1S/C56H59N13O8S/c1-31(2)52(56(73)68-29-38(70)19-46(68)55(72)63-32(3)34-11-14-43(59-24-34)53-33(4)62-30-78-53)48-23-51(66-77-48)74-17-7-10-49-60-25-41(26-61-49)75-39-20-40(21-39)76-50-18-35(15-16-58-50)69-36-12-13-37(69)28-67(27-36)45-22-44(64-65-54(45)57)42-8-5-6-9-47(42)71/h5-6,8-9,11,14-16,18,22-26,30-32,36-40,46,52,70-71H,12-13,17,19-21,27-29H2,1-4H3,(H2,57,65)(H,63,72)/t32-,36?,37?,38+,39-,40-,46-,52+/m0/s1. The van der Waals surface area contributed by atoms with Crippen LogP contribution in [0.25, 0.3) is 21.8 Å². The van der Waals surface area contributed by atoms with Gasteiger partial charge in [-0.15, -0.1) is 21.5 Å². The highest BCUT2D eigenvalue weighted by Gasteiger charge is 2.44. The summed E-state index contributed by atoms with van der Waals surface area (Å²) in [6, 6.07) is 17.7. The van der Waals surface area contributed by atoms with Crippen molar-refractivity contribution < 1.29 is 38.5 Å². The molecule has 78 heavy (non-hydrogen) atoms. The van der Waals surface area contributed by atoms with Crippen molar-refractivity contribution in [2.24, 2.45) is 5.92 Å². The number of benzene rings is 1. The van der Waals surface area contributed by atoms with Gasteiger partial charge in [0.05, 0.1) is 57.7 Å². The van der Waals surface area contributed by atoms with Gasteiger partial charge in [0, 0.05) is 86.8 Å². The molecule has 9 heterocycles. The predicted molar refractivity (Wildman–Crippen MR) is 289 cm³/mol. The molecule has 6 atom stereocenters. The number of nitrogens with two attached hydrogens (primary N) is 1. The number of hydrogen-bond donors (Lipinski definition) is 4. The molecule has 1 saturated carbocycles. The zero-order valence-electron chi connectivity index (χ0n) is 43.5. The Morgan fingerprint density at radius 1 is 0.885 bits per heavy atom. The first-order chi connectivity index (χ1) is 37.8. The van der Waals surface area contributed by atoms with E-state index >= 15 is 0 Å². The van der Waals surface area contributed by atoms with Crippen molar-refractivity contribution in [1.82, 2.24) is 50.5 Å². The average molecular weight is 1070 g/mol. The molecular weight excluding hydrogens is 1010 g/mol. The maximum atomic E-state index is 14.2. The number of phenols is 1. The Kier molecular flexibility index (Phi) is 14.8. The van der Waals surface area contributed by atoms with E-state index in [-0.39, 0.29) is 84.8 Å². The number of likely N-dealkylation sites (tertiary alicyclic amines) is 1. The molecule has 0 spiro atoms. The molecule has 22 heteroatoms. The van der Waals surface area contributed by atoms with Gasteiger partial charge < -0.3 is 54.7 Å². The summed E-state index contributed by atoms with van der Waals surface area (Å²) in [7, 11) is 0. The van der Waals surface area contributed by atoms with Crippen molar-refractivity contribution in [3.63, 3.8) is 0 Å². The summed E-state index contributed by atoms with van der Waals surface area (Å²) in [5.41, 5.74) is 13.7. The van der Waals surface area contributed by atoms with Crippen LogP contribution in [0.5, 0.6) is 23.3 Å². The summed E-state index contributed by atoms with van der Waals surface area (Å²) >= 11 is 1.52. The zero-order chi connectivity index (χ0) is 54.0. The van der Waals surface area contributed by atoms with Gasteiger partial charge in [0.15, 0.2) is 23.9 Å². The second-order valence-electron chi connectivity index (χ2n) is 20.5. The monoisotopic (exact) mass is 1070 g/mol. The first kappa shape index (κ1) is 51.7. The van der Waals surface area contributed by atoms with Gasteiger partial charge in [-0.3, -0.25) is 14.6 Å². The highest BCUT2D eigenvalue weighted by Crippen LogP contribution is 2.41. The fraction of sp³-hybridized carbons (Fsp3) is 0.393. The molecule has 0 radical (unpaired) electrons. The molecule has 7 aromatic rings. The van der Waals surface area contributed by atoms with Gasteiger partial charge in [0.2, 0.25) is 23.5 Å². The van der Waals surface area contributed by atoms with E-state index in [1.165, 1.54) is 16.2 Å². The number of ether oxygens (including phenoxy) is 3.